The maximum atomic E-state index is 12.0. The third-order valence-electron chi connectivity index (χ3n) is 4.30. The molecule has 1 amide bonds. The van der Waals surface area contributed by atoms with Crippen LogP contribution in [0.15, 0.2) is 9.52 Å². The largest absolute Gasteiger partial charge is 0.357 e. The van der Waals surface area contributed by atoms with Gasteiger partial charge in [-0.2, -0.15) is 4.98 Å². The van der Waals surface area contributed by atoms with Crippen LogP contribution in [-0.2, 0) is 11.2 Å². The number of aryl methyl sites for hydroxylation is 2. The molecule has 1 aliphatic heterocycles. The predicted molar refractivity (Wildman–Crippen MR) is 116 cm³/mol. The van der Waals surface area contributed by atoms with Crippen molar-refractivity contribution in [3.05, 3.63) is 11.7 Å². The smallest absolute Gasteiger partial charge is 0.226 e. The lowest BCUT2D eigenvalue weighted by Gasteiger charge is -2.20. The maximum Gasteiger partial charge on any atom is 0.226 e. The first kappa shape index (κ1) is 23.6. The topological polar surface area (TPSA) is 95.7 Å². The van der Waals surface area contributed by atoms with Gasteiger partial charge in [-0.25, -0.2) is 0 Å². The van der Waals surface area contributed by atoms with Gasteiger partial charge in [0.15, 0.2) is 11.8 Å². The SMILES string of the molecule is CCNC(=NCCCN1CCCCCC1=O)NCCCc1nc(C)no1.I. The van der Waals surface area contributed by atoms with Gasteiger partial charge in [-0.05, 0) is 39.5 Å². The molecule has 154 valence electrons. The van der Waals surface area contributed by atoms with E-state index in [1.54, 1.807) is 0 Å². The van der Waals surface area contributed by atoms with Crippen LogP contribution in [0.5, 0.6) is 0 Å². The normalized spacial score (nSPS) is 15.3. The number of rotatable bonds is 9. The molecular weight excluding hydrogens is 459 g/mol. The molecule has 0 aliphatic carbocycles. The molecule has 1 aromatic heterocycles. The highest BCUT2D eigenvalue weighted by Gasteiger charge is 2.15. The van der Waals surface area contributed by atoms with Gasteiger partial charge in [0, 0.05) is 45.6 Å². The van der Waals surface area contributed by atoms with E-state index in [0.29, 0.717) is 30.6 Å². The van der Waals surface area contributed by atoms with Crippen molar-refractivity contribution in [2.75, 3.05) is 32.7 Å². The van der Waals surface area contributed by atoms with Gasteiger partial charge >= 0.3 is 0 Å². The number of nitrogens with zero attached hydrogens (tertiary/aromatic N) is 4. The summed E-state index contributed by atoms with van der Waals surface area (Å²) in [7, 11) is 0. The number of nitrogens with one attached hydrogen (secondary N) is 2. The molecular formula is C18H33IN6O2. The number of halogens is 1. The maximum absolute atomic E-state index is 12.0. The average Bonchev–Trinajstić information content (AvgIpc) is 2.93. The van der Waals surface area contributed by atoms with Crippen LogP contribution in [0.4, 0.5) is 0 Å². The summed E-state index contributed by atoms with van der Waals surface area (Å²) >= 11 is 0. The lowest BCUT2D eigenvalue weighted by atomic mass is 10.2. The lowest BCUT2D eigenvalue weighted by molar-refractivity contribution is -0.130. The van der Waals surface area contributed by atoms with Crippen molar-refractivity contribution in [3.8, 4) is 0 Å². The van der Waals surface area contributed by atoms with E-state index in [1.807, 2.05) is 18.7 Å². The molecule has 1 saturated heterocycles. The fourth-order valence-electron chi connectivity index (χ4n) is 2.96. The Kier molecular flexibility index (Phi) is 12.0. The molecule has 0 radical (unpaired) electrons. The Labute approximate surface area is 179 Å². The van der Waals surface area contributed by atoms with E-state index in [1.165, 1.54) is 0 Å². The van der Waals surface area contributed by atoms with Crippen LogP contribution < -0.4 is 10.6 Å². The molecule has 2 rings (SSSR count). The van der Waals surface area contributed by atoms with E-state index < -0.39 is 0 Å². The molecule has 0 atom stereocenters. The summed E-state index contributed by atoms with van der Waals surface area (Å²) in [5.41, 5.74) is 0. The highest BCUT2D eigenvalue weighted by molar-refractivity contribution is 14.0. The Bertz CT molecular complexity index is 578. The Morgan fingerprint density at radius 3 is 2.85 bits per heavy atom. The zero-order chi connectivity index (χ0) is 18.6. The minimum atomic E-state index is 0. The molecule has 2 N–H and O–H groups in total. The first-order valence-electron chi connectivity index (χ1n) is 9.78. The second kappa shape index (κ2) is 13.7. The second-order valence-electron chi connectivity index (χ2n) is 6.57. The Morgan fingerprint density at radius 1 is 1.26 bits per heavy atom. The average molecular weight is 492 g/mol. The molecule has 0 bridgehead atoms. The van der Waals surface area contributed by atoms with Crippen molar-refractivity contribution in [1.82, 2.24) is 25.7 Å². The van der Waals surface area contributed by atoms with Gasteiger partial charge in [-0.3, -0.25) is 9.79 Å². The Balaban J connectivity index is 0.00000364. The van der Waals surface area contributed by atoms with E-state index in [-0.39, 0.29) is 24.0 Å². The second-order valence-corrected chi connectivity index (χ2v) is 6.57. The van der Waals surface area contributed by atoms with E-state index in [2.05, 4.69) is 25.8 Å². The van der Waals surface area contributed by atoms with Gasteiger partial charge in [0.25, 0.3) is 0 Å². The fourth-order valence-corrected chi connectivity index (χ4v) is 2.96. The van der Waals surface area contributed by atoms with Crippen molar-refractivity contribution >= 4 is 35.8 Å². The molecule has 1 aromatic rings. The van der Waals surface area contributed by atoms with Crippen molar-refractivity contribution < 1.29 is 9.32 Å². The highest BCUT2D eigenvalue weighted by atomic mass is 127. The number of guanidine groups is 1. The van der Waals surface area contributed by atoms with Crippen LogP contribution in [0.1, 0.15) is 57.2 Å². The minimum Gasteiger partial charge on any atom is -0.357 e. The first-order valence-corrected chi connectivity index (χ1v) is 9.78. The molecule has 2 heterocycles. The molecule has 0 saturated carbocycles. The lowest BCUT2D eigenvalue weighted by Crippen LogP contribution is -2.38. The van der Waals surface area contributed by atoms with Crippen LogP contribution >= 0.6 is 24.0 Å². The van der Waals surface area contributed by atoms with E-state index >= 15 is 0 Å². The number of likely N-dealkylation sites (tertiary alicyclic amines) is 1. The summed E-state index contributed by atoms with van der Waals surface area (Å²) < 4.78 is 5.11. The van der Waals surface area contributed by atoms with Gasteiger partial charge in [-0.15, -0.1) is 24.0 Å². The molecule has 0 unspecified atom stereocenters. The van der Waals surface area contributed by atoms with Crippen molar-refractivity contribution in [2.45, 2.75) is 58.8 Å². The molecule has 9 heteroatoms. The Morgan fingerprint density at radius 2 is 2.11 bits per heavy atom. The first-order chi connectivity index (χ1) is 12.7. The van der Waals surface area contributed by atoms with Gasteiger partial charge in [-0.1, -0.05) is 11.6 Å². The summed E-state index contributed by atoms with van der Waals surface area (Å²) in [5.74, 6) is 2.46. The zero-order valence-electron chi connectivity index (χ0n) is 16.5. The summed E-state index contributed by atoms with van der Waals surface area (Å²) in [6.45, 7) is 7.89. The van der Waals surface area contributed by atoms with Gasteiger partial charge in [0.2, 0.25) is 11.8 Å². The number of hydrogen-bond donors (Lipinski definition) is 2. The number of aromatic nitrogens is 2. The summed E-state index contributed by atoms with van der Waals surface area (Å²) in [6.07, 6.45) is 6.57. The predicted octanol–water partition coefficient (Wildman–Crippen LogP) is 2.28. The van der Waals surface area contributed by atoms with Gasteiger partial charge in [0.1, 0.15) is 0 Å². The fraction of sp³-hybridized carbons (Fsp3) is 0.778. The monoisotopic (exact) mass is 492 g/mol. The summed E-state index contributed by atoms with van der Waals surface area (Å²) in [5, 5.41) is 10.4. The minimum absolute atomic E-state index is 0. The van der Waals surface area contributed by atoms with Crippen LogP contribution in [-0.4, -0.2) is 59.6 Å². The van der Waals surface area contributed by atoms with Crippen molar-refractivity contribution in [2.24, 2.45) is 4.99 Å². The number of carbonyl (C=O) groups is 1. The quantitative estimate of drug-likeness (QED) is 0.238. The van der Waals surface area contributed by atoms with E-state index in [0.717, 1.165) is 70.7 Å². The van der Waals surface area contributed by atoms with Gasteiger partial charge < -0.3 is 20.1 Å². The van der Waals surface area contributed by atoms with Crippen LogP contribution in [0.25, 0.3) is 0 Å². The molecule has 1 fully saturated rings. The third kappa shape index (κ3) is 9.39. The number of amides is 1. The summed E-state index contributed by atoms with van der Waals surface area (Å²) in [4.78, 5) is 22.8. The molecule has 1 aliphatic rings. The highest BCUT2D eigenvalue weighted by Crippen LogP contribution is 2.11. The van der Waals surface area contributed by atoms with Crippen LogP contribution in [0, 0.1) is 6.92 Å². The van der Waals surface area contributed by atoms with E-state index in [4.69, 9.17) is 4.52 Å². The standard InChI is InChI=1S/C18H32N6O2.HI/c1-3-19-18(20-11-7-9-16-22-15(2)23-26-16)21-12-8-14-24-13-6-4-5-10-17(24)25;/h3-14H2,1-2H3,(H2,19,20,21);1H. The number of aliphatic imine (C=N–C) groups is 1. The van der Waals surface area contributed by atoms with E-state index in [9.17, 15) is 4.79 Å². The third-order valence-corrected chi connectivity index (χ3v) is 4.30. The Hall–Kier alpha value is -1.39. The number of hydrogen-bond acceptors (Lipinski definition) is 5. The van der Waals surface area contributed by atoms with Crippen molar-refractivity contribution in [3.63, 3.8) is 0 Å². The van der Waals surface area contributed by atoms with Crippen LogP contribution in [0.3, 0.4) is 0 Å². The molecule has 8 nitrogen and oxygen atoms in total. The molecule has 0 aromatic carbocycles. The van der Waals surface area contributed by atoms with Gasteiger partial charge in [0.05, 0.1) is 0 Å². The molecule has 0 spiro atoms. The van der Waals surface area contributed by atoms with Crippen LogP contribution in [0.2, 0.25) is 0 Å². The number of carbonyl (C=O) groups excluding carboxylic acids is 1. The molecule has 27 heavy (non-hydrogen) atoms. The summed E-state index contributed by atoms with van der Waals surface area (Å²) in [6, 6.07) is 0. The zero-order valence-corrected chi connectivity index (χ0v) is 18.8. The van der Waals surface area contributed by atoms with Crippen molar-refractivity contribution in [1.29, 1.82) is 0 Å².